The lowest BCUT2D eigenvalue weighted by Crippen LogP contribution is -2.17. The molecule has 138 valence electrons. The van der Waals surface area contributed by atoms with Gasteiger partial charge in [0.15, 0.2) is 5.16 Å². The average molecular weight is 368 g/mol. The number of nitrogens with two attached hydrogens (primary N) is 1. The highest BCUT2D eigenvalue weighted by atomic mass is 32.2. The molecule has 0 aliphatic rings. The number of ether oxygens (including phenoxy) is 1. The number of thioether (sulfide) groups is 1. The van der Waals surface area contributed by atoms with Crippen molar-refractivity contribution in [3.63, 3.8) is 0 Å². The first-order valence-electron chi connectivity index (χ1n) is 7.66. The van der Waals surface area contributed by atoms with E-state index in [1.807, 2.05) is 4.57 Å². The summed E-state index contributed by atoms with van der Waals surface area (Å²) in [7, 11) is 0. The van der Waals surface area contributed by atoms with Crippen LogP contribution in [0, 0.1) is 5.92 Å². The molecule has 0 bridgehead atoms. The standard InChI is InChI=1S/C14H23F3N4O2S/c1-10(2)8-21-12(5-4-11(18)22)19-20-13(21)24-7-3-6-23-9-14(15,16)17/h10H,3-9H2,1-2H3,(H2,18,22). The number of rotatable bonds is 11. The summed E-state index contributed by atoms with van der Waals surface area (Å²) in [5.41, 5.74) is 5.16. The minimum absolute atomic E-state index is 0.0410. The minimum Gasteiger partial charge on any atom is -0.372 e. The van der Waals surface area contributed by atoms with E-state index in [1.54, 1.807) is 0 Å². The second-order valence-electron chi connectivity index (χ2n) is 5.74. The van der Waals surface area contributed by atoms with Gasteiger partial charge in [-0.3, -0.25) is 4.79 Å². The SMILES string of the molecule is CC(C)Cn1c(CCC(N)=O)nnc1SCCCOCC(F)(F)F. The van der Waals surface area contributed by atoms with Crippen LogP contribution in [0.4, 0.5) is 13.2 Å². The van der Waals surface area contributed by atoms with E-state index in [-0.39, 0.29) is 13.0 Å². The molecule has 0 fully saturated rings. The van der Waals surface area contributed by atoms with E-state index in [4.69, 9.17) is 5.73 Å². The number of alkyl halides is 3. The number of carbonyl (C=O) groups is 1. The van der Waals surface area contributed by atoms with Gasteiger partial charge in [0.05, 0.1) is 0 Å². The molecule has 0 radical (unpaired) electrons. The fraction of sp³-hybridized carbons (Fsp3) is 0.786. The first-order valence-corrected chi connectivity index (χ1v) is 8.65. The lowest BCUT2D eigenvalue weighted by atomic mass is 10.2. The second kappa shape index (κ2) is 9.87. The summed E-state index contributed by atoms with van der Waals surface area (Å²) in [4.78, 5) is 10.9. The number of aromatic nitrogens is 3. The van der Waals surface area contributed by atoms with Crippen molar-refractivity contribution in [2.45, 2.75) is 51.0 Å². The smallest absolute Gasteiger partial charge is 0.372 e. The largest absolute Gasteiger partial charge is 0.411 e. The first-order chi connectivity index (χ1) is 11.2. The van der Waals surface area contributed by atoms with Crippen molar-refractivity contribution >= 4 is 17.7 Å². The van der Waals surface area contributed by atoms with Gasteiger partial charge in [-0.1, -0.05) is 25.6 Å². The monoisotopic (exact) mass is 368 g/mol. The summed E-state index contributed by atoms with van der Waals surface area (Å²) >= 11 is 1.41. The Labute approximate surface area is 143 Å². The Hall–Kier alpha value is -1.29. The Morgan fingerprint density at radius 3 is 2.67 bits per heavy atom. The van der Waals surface area contributed by atoms with Crippen molar-refractivity contribution in [2.24, 2.45) is 11.7 Å². The predicted octanol–water partition coefficient (Wildman–Crippen LogP) is 2.41. The molecule has 1 aromatic heterocycles. The molecule has 0 aliphatic carbocycles. The average Bonchev–Trinajstić information content (AvgIpc) is 2.81. The van der Waals surface area contributed by atoms with Crippen molar-refractivity contribution in [2.75, 3.05) is 19.0 Å². The van der Waals surface area contributed by atoms with Gasteiger partial charge in [0.25, 0.3) is 0 Å². The molecule has 10 heteroatoms. The van der Waals surface area contributed by atoms with Gasteiger partial charge >= 0.3 is 6.18 Å². The van der Waals surface area contributed by atoms with Gasteiger partial charge in [-0.15, -0.1) is 10.2 Å². The quantitative estimate of drug-likeness (QED) is 0.479. The van der Waals surface area contributed by atoms with E-state index in [0.29, 0.717) is 42.0 Å². The normalized spacial score (nSPS) is 12.1. The number of amides is 1. The maximum absolute atomic E-state index is 12.0. The number of hydrogen-bond acceptors (Lipinski definition) is 5. The third kappa shape index (κ3) is 8.53. The molecule has 0 saturated carbocycles. The molecular weight excluding hydrogens is 345 g/mol. The third-order valence-corrected chi connectivity index (χ3v) is 3.92. The fourth-order valence-corrected chi connectivity index (χ4v) is 2.79. The van der Waals surface area contributed by atoms with E-state index in [1.165, 1.54) is 11.8 Å². The number of hydrogen-bond donors (Lipinski definition) is 1. The molecule has 0 aromatic carbocycles. The van der Waals surface area contributed by atoms with Gasteiger partial charge in [-0.2, -0.15) is 13.2 Å². The first kappa shape index (κ1) is 20.8. The fourth-order valence-electron chi connectivity index (χ4n) is 1.91. The number of aryl methyl sites for hydroxylation is 1. The van der Waals surface area contributed by atoms with Crippen LogP contribution < -0.4 is 5.73 Å². The van der Waals surface area contributed by atoms with Gasteiger partial charge in [0.2, 0.25) is 5.91 Å². The zero-order chi connectivity index (χ0) is 18.2. The van der Waals surface area contributed by atoms with Crippen LogP contribution in [0.5, 0.6) is 0 Å². The molecule has 1 amide bonds. The Balaban J connectivity index is 2.49. The maximum Gasteiger partial charge on any atom is 0.411 e. The van der Waals surface area contributed by atoms with Gasteiger partial charge < -0.3 is 15.0 Å². The molecule has 0 atom stereocenters. The lowest BCUT2D eigenvalue weighted by Gasteiger charge is -2.12. The molecular formula is C14H23F3N4O2S. The summed E-state index contributed by atoms with van der Waals surface area (Å²) < 4.78 is 42.4. The van der Waals surface area contributed by atoms with E-state index in [9.17, 15) is 18.0 Å². The van der Waals surface area contributed by atoms with Crippen LogP contribution in [0.25, 0.3) is 0 Å². The van der Waals surface area contributed by atoms with Crippen molar-refractivity contribution < 1.29 is 22.7 Å². The van der Waals surface area contributed by atoms with Crippen molar-refractivity contribution in [3.8, 4) is 0 Å². The van der Waals surface area contributed by atoms with Gasteiger partial charge in [0, 0.05) is 31.7 Å². The van der Waals surface area contributed by atoms with Crippen LogP contribution in [0.15, 0.2) is 5.16 Å². The Bertz CT molecular complexity index is 521. The maximum atomic E-state index is 12.0. The van der Waals surface area contributed by atoms with E-state index in [0.717, 1.165) is 0 Å². The number of halogens is 3. The molecule has 0 unspecified atom stereocenters. The molecule has 24 heavy (non-hydrogen) atoms. The van der Waals surface area contributed by atoms with Gasteiger partial charge in [-0.05, 0) is 12.3 Å². The van der Waals surface area contributed by atoms with Crippen LogP contribution >= 0.6 is 11.8 Å². The van der Waals surface area contributed by atoms with E-state index in [2.05, 4.69) is 28.8 Å². The molecule has 1 aromatic rings. The summed E-state index contributed by atoms with van der Waals surface area (Å²) in [5.74, 6) is 1.23. The Kier molecular flexibility index (Phi) is 8.54. The number of carbonyl (C=O) groups excluding carboxylic acids is 1. The highest BCUT2D eigenvalue weighted by Gasteiger charge is 2.27. The van der Waals surface area contributed by atoms with Gasteiger partial charge in [-0.25, -0.2) is 0 Å². The van der Waals surface area contributed by atoms with Crippen molar-refractivity contribution in [3.05, 3.63) is 5.82 Å². The zero-order valence-corrected chi connectivity index (χ0v) is 14.6. The highest BCUT2D eigenvalue weighted by Crippen LogP contribution is 2.20. The molecule has 1 rings (SSSR count). The summed E-state index contributed by atoms with van der Waals surface area (Å²) in [5, 5.41) is 8.89. The predicted molar refractivity (Wildman–Crippen MR) is 84.6 cm³/mol. The van der Waals surface area contributed by atoms with Crippen LogP contribution in [-0.2, 0) is 22.5 Å². The van der Waals surface area contributed by atoms with Crippen molar-refractivity contribution in [1.29, 1.82) is 0 Å². The van der Waals surface area contributed by atoms with E-state index < -0.39 is 18.7 Å². The minimum atomic E-state index is -4.29. The molecule has 0 saturated heterocycles. The molecule has 0 spiro atoms. The van der Waals surface area contributed by atoms with Crippen LogP contribution in [-0.4, -0.2) is 45.8 Å². The molecule has 2 N–H and O–H groups in total. The van der Waals surface area contributed by atoms with Crippen LogP contribution in [0.2, 0.25) is 0 Å². The summed E-state index contributed by atoms with van der Waals surface area (Å²) in [6, 6.07) is 0. The summed E-state index contributed by atoms with van der Waals surface area (Å²) in [6.45, 7) is 3.63. The van der Waals surface area contributed by atoms with E-state index >= 15 is 0 Å². The molecule has 1 heterocycles. The molecule has 0 aliphatic heterocycles. The number of primary amides is 1. The van der Waals surface area contributed by atoms with Crippen LogP contribution in [0.1, 0.15) is 32.5 Å². The Morgan fingerprint density at radius 2 is 2.08 bits per heavy atom. The topological polar surface area (TPSA) is 83.0 Å². The second-order valence-corrected chi connectivity index (χ2v) is 6.80. The summed E-state index contributed by atoms with van der Waals surface area (Å²) in [6.07, 6.45) is -3.19. The highest BCUT2D eigenvalue weighted by molar-refractivity contribution is 7.99. The lowest BCUT2D eigenvalue weighted by molar-refractivity contribution is -0.173. The van der Waals surface area contributed by atoms with Gasteiger partial charge in [0.1, 0.15) is 12.4 Å². The zero-order valence-electron chi connectivity index (χ0n) is 13.8. The third-order valence-electron chi connectivity index (χ3n) is 2.87. The van der Waals surface area contributed by atoms with Crippen LogP contribution in [0.3, 0.4) is 0 Å². The molecule has 6 nitrogen and oxygen atoms in total. The number of nitrogens with zero attached hydrogens (tertiary/aromatic N) is 3. The Morgan fingerprint density at radius 1 is 1.38 bits per heavy atom. The van der Waals surface area contributed by atoms with Crippen molar-refractivity contribution in [1.82, 2.24) is 14.8 Å².